The van der Waals surface area contributed by atoms with Gasteiger partial charge in [-0.2, -0.15) is 5.10 Å². The summed E-state index contributed by atoms with van der Waals surface area (Å²) < 4.78 is 0.967. The van der Waals surface area contributed by atoms with E-state index < -0.39 is 17.1 Å². The van der Waals surface area contributed by atoms with Crippen molar-refractivity contribution in [2.75, 3.05) is 5.43 Å². The standard InChI is InChI=1S/C17H12Cl2N4O3/c18-10-6-7-13(19)14(8-10)22-20-9-12-15(24)21-17(26)23(16(12)25)11-4-2-1-3-5-11/h1-9,22,25H,(H,21,24,26). The number of hydrogen-bond acceptors (Lipinski definition) is 5. The molecule has 1 aromatic heterocycles. The molecule has 9 heteroatoms. The fourth-order valence-corrected chi connectivity index (χ4v) is 2.55. The predicted octanol–water partition coefficient (Wildman–Crippen LogP) is 2.98. The molecule has 0 unspecified atom stereocenters. The van der Waals surface area contributed by atoms with Crippen LogP contribution >= 0.6 is 23.2 Å². The lowest BCUT2D eigenvalue weighted by molar-refractivity contribution is 0.430. The molecule has 0 fully saturated rings. The predicted molar refractivity (Wildman–Crippen MR) is 102 cm³/mol. The van der Waals surface area contributed by atoms with Crippen molar-refractivity contribution in [1.29, 1.82) is 0 Å². The van der Waals surface area contributed by atoms with Gasteiger partial charge in [-0.3, -0.25) is 15.2 Å². The molecule has 26 heavy (non-hydrogen) atoms. The van der Waals surface area contributed by atoms with Gasteiger partial charge < -0.3 is 5.11 Å². The van der Waals surface area contributed by atoms with E-state index in [1.54, 1.807) is 48.5 Å². The molecule has 0 aliphatic carbocycles. The van der Waals surface area contributed by atoms with Gasteiger partial charge in [0.1, 0.15) is 5.56 Å². The molecule has 3 aromatic rings. The molecule has 0 aliphatic heterocycles. The van der Waals surface area contributed by atoms with Crippen molar-refractivity contribution in [2.45, 2.75) is 0 Å². The first-order valence-corrected chi connectivity index (χ1v) is 8.11. The van der Waals surface area contributed by atoms with Crippen LogP contribution < -0.4 is 16.7 Å². The van der Waals surface area contributed by atoms with Gasteiger partial charge in [-0.1, -0.05) is 41.4 Å². The lowest BCUT2D eigenvalue weighted by Crippen LogP contribution is -2.31. The summed E-state index contributed by atoms with van der Waals surface area (Å²) in [5, 5.41) is 15.1. The molecule has 0 aliphatic rings. The smallest absolute Gasteiger partial charge is 0.335 e. The maximum atomic E-state index is 12.0. The maximum Gasteiger partial charge on any atom is 0.335 e. The second kappa shape index (κ2) is 7.47. The third kappa shape index (κ3) is 3.63. The van der Waals surface area contributed by atoms with E-state index in [0.717, 1.165) is 10.8 Å². The van der Waals surface area contributed by atoms with Crippen molar-refractivity contribution in [3.8, 4) is 11.6 Å². The van der Waals surface area contributed by atoms with Gasteiger partial charge in [0, 0.05) is 5.02 Å². The SMILES string of the molecule is O=c1[nH]c(=O)n(-c2ccccc2)c(O)c1C=NNc1cc(Cl)ccc1Cl. The molecule has 3 rings (SSSR count). The molecule has 0 radical (unpaired) electrons. The number of hydrogen-bond donors (Lipinski definition) is 3. The van der Waals surface area contributed by atoms with Crippen LogP contribution in [-0.4, -0.2) is 20.9 Å². The minimum Gasteiger partial charge on any atom is -0.493 e. The van der Waals surface area contributed by atoms with E-state index in [1.165, 1.54) is 0 Å². The molecule has 132 valence electrons. The maximum absolute atomic E-state index is 12.0. The van der Waals surface area contributed by atoms with Crippen LogP contribution in [0.15, 0.2) is 63.2 Å². The number of aromatic hydroxyl groups is 1. The highest BCUT2D eigenvalue weighted by molar-refractivity contribution is 6.35. The number of halogens is 2. The monoisotopic (exact) mass is 390 g/mol. The minimum absolute atomic E-state index is 0.195. The van der Waals surface area contributed by atoms with Gasteiger partial charge in [0.15, 0.2) is 0 Å². The van der Waals surface area contributed by atoms with Crippen LogP contribution in [-0.2, 0) is 0 Å². The van der Waals surface area contributed by atoms with E-state index in [0.29, 0.717) is 21.4 Å². The first kappa shape index (κ1) is 17.8. The Morgan fingerprint density at radius 1 is 1.12 bits per heavy atom. The quantitative estimate of drug-likeness (QED) is 0.470. The van der Waals surface area contributed by atoms with E-state index in [-0.39, 0.29) is 5.56 Å². The Morgan fingerprint density at radius 2 is 1.85 bits per heavy atom. The van der Waals surface area contributed by atoms with Crippen LogP contribution in [0.4, 0.5) is 5.69 Å². The number of para-hydroxylation sites is 1. The number of anilines is 1. The summed E-state index contributed by atoms with van der Waals surface area (Å²) in [5.41, 5.74) is 1.71. The van der Waals surface area contributed by atoms with Gasteiger partial charge in [-0.15, -0.1) is 0 Å². The summed E-state index contributed by atoms with van der Waals surface area (Å²) in [6, 6.07) is 13.1. The number of H-pyrrole nitrogens is 1. The molecule has 7 nitrogen and oxygen atoms in total. The Kier molecular flexibility index (Phi) is 5.11. The van der Waals surface area contributed by atoms with Gasteiger partial charge in [-0.05, 0) is 30.3 Å². The molecular weight excluding hydrogens is 379 g/mol. The van der Waals surface area contributed by atoms with E-state index in [9.17, 15) is 14.7 Å². The lowest BCUT2D eigenvalue weighted by atomic mass is 10.3. The van der Waals surface area contributed by atoms with Crippen molar-refractivity contribution < 1.29 is 5.11 Å². The van der Waals surface area contributed by atoms with Gasteiger partial charge in [0.25, 0.3) is 5.56 Å². The molecule has 3 N–H and O–H groups in total. The van der Waals surface area contributed by atoms with Crippen molar-refractivity contribution in [3.63, 3.8) is 0 Å². The number of aromatic nitrogens is 2. The van der Waals surface area contributed by atoms with Gasteiger partial charge in [-0.25, -0.2) is 9.36 Å². The summed E-state index contributed by atoms with van der Waals surface area (Å²) in [5.74, 6) is -0.535. The van der Waals surface area contributed by atoms with E-state index in [4.69, 9.17) is 23.2 Å². The highest BCUT2D eigenvalue weighted by atomic mass is 35.5. The van der Waals surface area contributed by atoms with Gasteiger partial charge in [0.2, 0.25) is 5.88 Å². The van der Waals surface area contributed by atoms with Crippen molar-refractivity contribution in [3.05, 3.63) is 85.0 Å². The van der Waals surface area contributed by atoms with E-state index in [1.807, 2.05) is 0 Å². The van der Waals surface area contributed by atoms with Crippen LogP contribution in [0.5, 0.6) is 5.88 Å². The second-order valence-corrected chi connectivity index (χ2v) is 6.01. The molecule has 0 amide bonds. The van der Waals surface area contributed by atoms with Crippen molar-refractivity contribution in [2.24, 2.45) is 5.10 Å². The van der Waals surface area contributed by atoms with Crippen molar-refractivity contribution in [1.82, 2.24) is 9.55 Å². The fourth-order valence-electron chi connectivity index (χ4n) is 2.22. The third-order valence-electron chi connectivity index (χ3n) is 3.44. The molecule has 0 bridgehead atoms. The number of rotatable bonds is 4. The van der Waals surface area contributed by atoms with Gasteiger partial charge in [0.05, 0.1) is 22.6 Å². The van der Waals surface area contributed by atoms with Crippen LogP contribution in [0, 0.1) is 0 Å². The number of benzene rings is 2. The van der Waals surface area contributed by atoms with Crippen LogP contribution in [0.25, 0.3) is 5.69 Å². The second-order valence-electron chi connectivity index (χ2n) is 5.16. The van der Waals surface area contributed by atoms with E-state index >= 15 is 0 Å². The summed E-state index contributed by atoms with van der Waals surface area (Å²) in [4.78, 5) is 26.2. The van der Waals surface area contributed by atoms with Crippen LogP contribution in [0.1, 0.15) is 5.56 Å². The topological polar surface area (TPSA) is 99.5 Å². The summed E-state index contributed by atoms with van der Waals surface area (Å²) >= 11 is 11.9. The summed E-state index contributed by atoms with van der Waals surface area (Å²) in [6.07, 6.45) is 1.09. The number of nitrogens with zero attached hydrogens (tertiary/aromatic N) is 2. The number of hydrazone groups is 1. The molecule has 0 saturated heterocycles. The average Bonchev–Trinajstić information content (AvgIpc) is 2.61. The van der Waals surface area contributed by atoms with E-state index in [2.05, 4.69) is 15.5 Å². The Balaban J connectivity index is 1.99. The van der Waals surface area contributed by atoms with Crippen molar-refractivity contribution >= 4 is 35.1 Å². The average molecular weight is 391 g/mol. The highest BCUT2D eigenvalue weighted by Gasteiger charge is 2.14. The zero-order valence-electron chi connectivity index (χ0n) is 13.1. The molecule has 0 saturated carbocycles. The molecule has 0 spiro atoms. The summed E-state index contributed by atoms with van der Waals surface area (Å²) in [6.45, 7) is 0. The Hall–Kier alpha value is -3.03. The van der Waals surface area contributed by atoms with Gasteiger partial charge >= 0.3 is 5.69 Å². The molecule has 0 atom stereocenters. The zero-order chi connectivity index (χ0) is 18.7. The molecule has 2 aromatic carbocycles. The normalized spacial score (nSPS) is 11.0. The third-order valence-corrected chi connectivity index (χ3v) is 4.01. The first-order valence-electron chi connectivity index (χ1n) is 7.35. The van der Waals surface area contributed by atoms with Crippen LogP contribution in [0.3, 0.4) is 0 Å². The number of nitrogens with one attached hydrogen (secondary N) is 2. The highest BCUT2D eigenvalue weighted by Crippen LogP contribution is 2.25. The van der Waals surface area contributed by atoms with Crippen LogP contribution in [0.2, 0.25) is 10.0 Å². The number of aromatic amines is 1. The fraction of sp³-hybridized carbons (Fsp3) is 0. The lowest BCUT2D eigenvalue weighted by Gasteiger charge is -2.09. The molecular formula is C17H12Cl2N4O3. The Labute approximate surface area is 157 Å². The summed E-state index contributed by atoms with van der Waals surface area (Å²) in [7, 11) is 0. The molecule has 1 heterocycles. The Morgan fingerprint density at radius 3 is 2.58 bits per heavy atom. The minimum atomic E-state index is -0.776. The Bertz CT molecular complexity index is 1090. The first-order chi connectivity index (χ1) is 12.5. The zero-order valence-corrected chi connectivity index (χ0v) is 14.6. The largest absolute Gasteiger partial charge is 0.493 e.